The molecule has 0 fully saturated rings. The maximum atomic E-state index is 14.3. The summed E-state index contributed by atoms with van der Waals surface area (Å²) in [4.78, 5) is 29.6. The summed E-state index contributed by atoms with van der Waals surface area (Å²) >= 11 is 0. The highest BCUT2D eigenvalue weighted by Crippen LogP contribution is 2.26. The number of nitrogens with zero attached hydrogens (tertiary/aromatic N) is 2. The number of hydrogen-bond acceptors (Lipinski definition) is 5. The molecule has 1 N–H and O–H groups in total. The first-order valence-electron chi connectivity index (χ1n) is 15.0. The Morgan fingerprint density at radius 2 is 1.40 bits per heavy atom. The van der Waals surface area contributed by atoms with Crippen LogP contribution in [-0.2, 0) is 32.6 Å². The minimum Gasteiger partial charge on any atom is -0.457 e. The molecule has 4 aromatic rings. The van der Waals surface area contributed by atoms with Crippen LogP contribution in [-0.4, -0.2) is 50.0 Å². The lowest BCUT2D eigenvalue weighted by Crippen LogP contribution is -2.54. The largest absolute Gasteiger partial charge is 0.457 e. The molecule has 45 heavy (non-hydrogen) atoms. The Bertz CT molecular complexity index is 1660. The number of benzene rings is 4. The molecule has 4 rings (SSSR count). The zero-order chi connectivity index (χ0) is 32.4. The van der Waals surface area contributed by atoms with E-state index >= 15 is 0 Å². The van der Waals surface area contributed by atoms with Gasteiger partial charge in [0.1, 0.15) is 24.1 Å². The van der Waals surface area contributed by atoms with E-state index in [0.717, 1.165) is 33.7 Å². The van der Waals surface area contributed by atoms with Crippen molar-refractivity contribution in [3.8, 4) is 11.5 Å². The number of nitrogens with one attached hydrogen (secondary N) is 1. The lowest BCUT2D eigenvalue weighted by Gasteiger charge is -2.34. The first kappa shape index (κ1) is 33.3. The van der Waals surface area contributed by atoms with Gasteiger partial charge in [0.05, 0.1) is 11.9 Å². The van der Waals surface area contributed by atoms with Gasteiger partial charge in [0.15, 0.2) is 0 Å². The monoisotopic (exact) mass is 627 g/mol. The normalized spacial score (nSPS) is 12.5. The number of aryl methyl sites for hydroxylation is 1. The number of para-hydroxylation sites is 1. The predicted molar refractivity (Wildman–Crippen MR) is 179 cm³/mol. The van der Waals surface area contributed by atoms with Gasteiger partial charge in [-0.15, -0.1) is 0 Å². The Hall–Kier alpha value is -4.63. The number of sulfonamides is 1. The molecular weight excluding hydrogens is 586 g/mol. The summed E-state index contributed by atoms with van der Waals surface area (Å²) < 4.78 is 33.1. The average molecular weight is 628 g/mol. The van der Waals surface area contributed by atoms with E-state index in [0.29, 0.717) is 17.2 Å². The van der Waals surface area contributed by atoms with E-state index in [1.807, 2.05) is 106 Å². The molecule has 0 aliphatic rings. The fourth-order valence-electron chi connectivity index (χ4n) is 4.88. The third-order valence-electron chi connectivity index (χ3n) is 7.66. The van der Waals surface area contributed by atoms with E-state index in [1.54, 1.807) is 24.3 Å². The second-order valence-corrected chi connectivity index (χ2v) is 13.1. The minimum absolute atomic E-state index is 0.102. The van der Waals surface area contributed by atoms with Crippen LogP contribution in [0.25, 0.3) is 0 Å². The molecule has 0 saturated heterocycles. The van der Waals surface area contributed by atoms with Crippen LogP contribution in [0.1, 0.15) is 37.0 Å². The fourth-order valence-corrected chi connectivity index (χ4v) is 5.73. The van der Waals surface area contributed by atoms with Crippen molar-refractivity contribution in [2.24, 2.45) is 0 Å². The number of ether oxygens (including phenoxy) is 1. The molecule has 0 radical (unpaired) electrons. The molecule has 0 spiro atoms. The van der Waals surface area contributed by atoms with Crippen LogP contribution in [0.2, 0.25) is 0 Å². The van der Waals surface area contributed by atoms with Crippen molar-refractivity contribution in [1.29, 1.82) is 0 Å². The van der Waals surface area contributed by atoms with E-state index < -0.39 is 28.5 Å². The lowest BCUT2D eigenvalue weighted by molar-refractivity contribution is -0.140. The molecule has 236 valence electrons. The summed E-state index contributed by atoms with van der Waals surface area (Å²) in [5.74, 6) is 0.389. The number of carbonyl (C=O) groups is 2. The summed E-state index contributed by atoms with van der Waals surface area (Å²) in [5.41, 5.74) is 3.03. The Kier molecular flexibility index (Phi) is 11.4. The van der Waals surface area contributed by atoms with Gasteiger partial charge >= 0.3 is 0 Å². The van der Waals surface area contributed by atoms with Crippen molar-refractivity contribution in [3.63, 3.8) is 0 Å². The van der Waals surface area contributed by atoms with E-state index in [1.165, 1.54) is 4.90 Å². The van der Waals surface area contributed by atoms with E-state index in [-0.39, 0.29) is 24.9 Å². The summed E-state index contributed by atoms with van der Waals surface area (Å²) in [6, 6.07) is 32.0. The maximum absolute atomic E-state index is 14.3. The second-order valence-electron chi connectivity index (χ2n) is 11.2. The lowest BCUT2D eigenvalue weighted by atomic mass is 10.0. The molecule has 8 nitrogen and oxygen atoms in total. The van der Waals surface area contributed by atoms with Crippen LogP contribution in [0, 0.1) is 6.92 Å². The predicted octanol–water partition coefficient (Wildman–Crippen LogP) is 6.11. The third kappa shape index (κ3) is 9.43. The fraction of sp³-hybridized carbons (Fsp3) is 0.278. The highest BCUT2D eigenvalue weighted by molar-refractivity contribution is 7.92. The van der Waals surface area contributed by atoms with Gasteiger partial charge in [-0.05, 0) is 73.4 Å². The Morgan fingerprint density at radius 1 is 0.822 bits per heavy atom. The Balaban J connectivity index is 1.69. The molecule has 2 amide bonds. The van der Waals surface area contributed by atoms with Crippen LogP contribution >= 0.6 is 0 Å². The van der Waals surface area contributed by atoms with Gasteiger partial charge in [0.25, 0.3) is 0 Å². The highest BCUT2D eigenvalue weighted by Gasteiger charge is 2.33. The number of carbonyl (C=O) groups excluding carboxylic acids is 2. The quantitative estimate of drug-likeness (QED) is 0.182. The molecule has 0 unspecified atom stereocenters. The van der Waals surface area contributed by atoms with E-state index in [4.69, 9.17) is 4.74 Å². The van der Waals surface area contributed by atoms with Gasteiger partial charge in [-0.25, -0.2) is 8.42 Å². The van der Waals surface area contributed by atoms with E-state index in [9.17, 15) is 18.0 Å². The van der Waals surface area contributed by atoms with Gasteiger partial charge in [-0.2, -0.15) is 0 Å². The van der Waals surface area contributed by atoms with Crippen molar-refractivity contribution in [1.82, 2.24) is 10.2 Å². The smallest absolute Gasteiger partial charge is 0.244 e. The molecule has 4 aromatic carbocycles. The van der Waals surface area contributed by atoms with Gasteiger partial charge in [-0.1, -0.05) is 79.7 Å². The molecular formula is C36H41N3O5S. The summed E-state index contributed by atoms with van der Waals surface area (Å²) in [6.07, 6.45) is 2.06. The first-order valence-corrected chi connectivity index (χ1v) is 16.9. The molecule has 0 aliphatic heterocycles. The summed E-state index contributed by atoms with van der Waals surface area (Å²) in [5, 5.41) is 3.05. The molecule has 0 heterocycles. The van der Waals surface area contributed by atoms with Gasteiger partial charge in [0, 0.05) is 19.0 Å². The maximum Gasteiger partial charge on any atom is 0.244 e. The Labute approximate surface area is 266 Å². The van der Waals surface area contributed by atoms with Crippen LogP contribution in [0.15, 0.2) is 109 Å². The number of rotatable bonds is 14. The molecule has 2 atom stereocenters. The zero-order valence-electron chi connectivity index (χ0n) is 26.2. The average Bonchev–Trinajstić information content (AvgIpc) is 3.03. The van der Waals surface area contributed by atoms with Crippen molar-refractivity contribution in [2.75, 3.05) is 17.1 Å². The molecule has 0 bridgehead atoms. The van der Waals surface area contributed by atoms with Crippen LogP contribution in [0.4, 0.5) is 5.69 Å². The van der Waals surface area contributed by atoms with Gasteiger partial charge < -0.3 is 15.0 Å². The number of amides is 2. The van der Waals surface area contributed by atoms with Gasteiger partial charge in [0.2, 0.25) is 21.8 Å². The number of anilines is 1. The Morgan fingerprint density at radius 3 is 2.00 bits per heavy atom. The zero-order valence-corrected chi connectivity index (χ0v) is 27.0. The standard InChI is InChI=1S/C36H41N3O5S/c1-5-28(3)37-36(41)34(24-29-15-8-6-9-16-29)38(25-30-17-13-12-14-27(30)2)35(40)26-39(45(4,42)43)31-20-22-33(23-21-31)44-32-18-10-7-11-19-32/h6-23,28,34H,5,24-26H2,1-4H3,(H,37,41)/t28-,34-/m1/s1. The second kappa shape index (κ2) is 15.4. The van der Waals surface area contributed by atoms with Crippen molar-refractivity contribution in [3.05, 3.63) is 126 Å². The summed E-state index contributed by atoms with van der Waals surface area (Å²) in [6.45, 7) is 5.50. The van der Waals surface area contributed by atoms with Crippen molar-refractivity contribution < 1.29 is 22.7 Å². The third-order valence-corrected chi connectivity index (χ3v) is 8.80. The van der Waals surface area contributed by atoms with Gasteiger partial charge in [-0.3, -0.25) is 13.9 Å². The first-order chi connectivity index (χ1) is 21.5. The highest BCUT2D eigenvalue weighted by atomic mass is 32.2. The topological polar surface area (TPSA) is 96.0 Å². The summed E-state index contributed by atoms with van der Waals surface area (Å²) in [7, 11) is -3.88. The minimum atomic E-state index is -3.88. The molecule has 0 aromatic heterocycles. The van der Waals surface area contributed by atoms with Crippen LogP contribution in [0.5, 0.6) is 11.5 Å². The van der Waals surface area contributed by atoms with Crippen molar-refractivity contribution >= 4 is 27.5 Å². The van der Waals surface area contributed by atoms with Crippen molar-refractivity contribution in [2.45, 2.75) is 52.2 Å². The molecule has 0 aliphatic carbocycles. The van der Waals surface area contributed by atoms with Crippen LogP contribution in [0.3, 0.4) is 0 Å². The van der Waals surface area contributed by atoms with E-state index in [2.05, 4.69) is 5.32 Å². The number of hydrogen-bond donors (Lipinski definition) is 1. The van der Waals surface area contributed by atoms with Crippen LogP contribution < -0.4 is 14.4 Å². The molecule has 9 heteroatoms. The SMILES string of the molecule is CC[C@@H](C)NC(=O)[C@@H](Cc1ccccc1)N(Cc1ccccc1C)C(=O)CN(c1ccc(Oc2ccccc2)cc1)S(C)(=O)=O. The molecule has 0 saturated carbocycles.